The Bertz CT molecular complexity index is 1260. The second-order valence-electron chi connectivity index (χ2n) is 7.38. The predicted octanol–water partition coefficient (Wildman–Crippen LogP) is 5.29. The number of nitrogens with zero attached hydrogens (tertiary/aromatic N) is 1. The maximum atomic E-state index is 13.1. The summed E-state index contributed by atoms with van der Waals surface area (Å²) in [6.07, 6.45) is -4.55. The first-order chi connectivity index (χ1) is 16.0. The third-order valence-corrected chi connectivity index (χ3v) is 6.35. The smallest absolute Gasteiger partial charge is 0.416 e. The number of H-pyrrole nitrogens is 1. The average molecular weight is 493 g/mol. The van der Waals surface area contributed by atoms with E-state index < -0.39 is 23.2 Å². The van der Waals surface area contributed by atoms with Crippen molar-refractivity contribution in [2.45, 2.75) is 23.7 Å². The van der Waals surface area contributed by atoms with Crippen LogP contribution >= 0.6 is 11.8 Å². The lowest BCUT2D eigenvalue weighted by molar-refractivity contribution is -0.137. The number of anilines is 1. The molecule has 1 N–H and O–H groups in total. The summed E-state index contributed by atoms with van der Waals surface area (Å²) >= 11 is 1.39. The maximum Gasteiger partial charge on any atom is 0.416 e. The van der Waals surface area contributed by atoms with Crippen molar-refractivity contribution in [2.75, 3.05) is 26.2 Å². The molecule has 1 heterocycles. The Labute approximate surface area is 198 Å². The summed E-state index contributed by atoms with van der Waals surface area (Å²) in [5.41, 5.74) is -0.194. The van der Waals surface area contributed by atoms with Gasteiger partial charge in [-0.15, -0.1) is 11.8 Å². The summed E-state index contributed by atoms with van der Waals surface area (Å²) in [5, 5.41) is 0. The van der Waals surface area contributed by atoms with Crippen LogP contribution < -0.4 is 19.9 Å². The van der Waals surface area contributed by atoms with Gasteiger partial charge in [-0.1, -0.05) is 12.1 Å². The minimum atomic E-state index is -4.55. The number of halogens is 3. The lowest BCUT2D eigenvalue weighted by Crippen LogP contribution is -2.32. The van der Waals surface area contributed by atoms with E-state index in [0.29, 0.717) is 27.8 Å². The largest absolute Gasteiger partial charge is 0.497 e. The van der Waals surface area contributed by atoms with Gasteiger partial charge in [0.25, 0.3) is 11.5 Å². The van der Waals surface area contributed by atoms with E-state index in [9.17, 15) is 22.8 Å². The van der Waals surface area contributed by atoms with Crippen LogP contribution in [-0.2, 0) is 11.9 Å². The van der Waals surface area contributed by atoms with Crippen molar-refractivity contribution in [3.63, 3.8) is 0 Å². The van der Waals surface area contributed by atoms with E-state index in [2.05, 4.69) is 4.98 Å². The van der Waals surface area contributed by atoms with Crippen LogP contribution in [0.3, 0.4) is 0 Å². The van der Waals surface area contributed by atoms with E-state index in [1.165, 1.54) is 37.0 Å². The zero-order valence-corrected chi connectivity index (χ0v) is 19.8. The number of benzene rings is 2. The summed E-state index contributed by atoms with van der Waals surface area (Å²) in [7, 11) is 4.43. The van der Waals surface area contributed by atoms with E-state index in [-0.39, 0.29) is 11.3 Å². The highest BCUT2D eigenvalue weighted by atomic mass is 32.2. The first-order valence-corrected chi connectivity index (χ1v) is 11.1. The summed E-state index contributed by atoms with van der Waals surface area (Å²) in [6.45, 7) is 1.71. The van der Waals surface area contributed by atoms with Gasteiger partial charge in [-0.25, -0.2) is 0 Å². The topological polar surface area (TPSA) is 71.6 Å². The Morgan fingerprint density at radius 2 is 1.82 bits per heavy atom. The van der Waals surface area contributed by atoms with Gasteiger partial charge in [0.15, 0.2) is 0 Å². The molecule has 10 heteroatoms. The van der Waals surface area contributed by atoms with Crippen LogP contribution in [0, 0.1) is 6.92 Å². The molecule has 0 aliphatic rings. The van der Waals surface area contributed by atoms with E-state index in [1.807, 2.05) is 6.07 Å². The molecule has 3 rings (SSSR count). The Morgan fingerprint density at radius 1 is 1.09 bits per heavy atom. The first-order valence-electron chi connectivity index (χ1n) is 10.1. The third kappa shape index (κ3) is 5.56. The van der Waals surface area contributed by atoms with Crippen LogP contribution in [0.15, 0.2) is 58.2 Å². The number of aromatic amines is 1. The number of methoxy groups -OCH3 is 2. The van der Waals surface area contributed by atoms with Gasteiger partial charge >= 0.3 is 6.18 Å². The highest BCUT2D eigenvalue weighted by molar-refractivity contribution is 7.98. The van der Waals surface area contributed by atoms with Crippen LogP contribution in [0.1, 0.15) is 27.2 Å². The Morgan fingerprint density at radius 3 is 2.47 bits per heavy atom. The summed E-state index contributed by atoms with van der Waals surface area (Å²) in [5.74, 6) is 1.05. The first kappa shape index (κ1) is 25.2. The van der Waals surface area contributed by atoms with Crippen LogP contribution in [0.4, 0.5) is 18.9 Å². The molecule has 0 bridgehead atoms. The molecule has 0 aliphatic carbocycles. The number of hydrogen-bond acceptors (Lipinski definition) is 5. The number of ether oxygens (including phenoxy) is 2. The van der Waals surface area contributed by atoms with E-state index in [1.54, 1.807) is 33.3 Å². The molecule has 0 saturated heterocycles. The summed E-state index contributed by atoms with van der Waals surface area (Å²) in [4.78, 5) is 29.9. The summed E-state index contributed by atoms with van der Waals surface area (Å²) < 4.78 is 49.8. The number of carbonyl (C=O) groups excluding carboxylic acids is 1. The van der Waals surface area contributed by atoms with Crippen molar-refractivity contribution in [3.8, 4) is 11.5 Å². The van der Waals surface area contributed by atoms with Crippen molar-refractivity contribution >= 4 is 23.4 Å². The van der Waals surface area contributed by atoms with Crippen LogP contribution in [0.25, 0.3) is 0 Å². The van der Waals surface area contributed by atoms with E-state index >= 15 is 0 Å². The fourth-order valence-corrected chi connectivity index (χ4v) is 4.25. The number of pyridine rings is 1. The van der Waals surface area contributed by atoms with Gasteiger partial charge in [-0.3, -0.25) is 9.59 Å². The molecule has 0 spiro atoms. The molecule has 0 radical (unpaired) electrons. The number of carbonyl (C=O) groups is 1. The molecule has 0 atom stereocenters. The number of amides is 1. The summed E-state index contributed by atoms with van der Waals surface area (Å²) in [6, 6.07) is 11.3. The van der Waals surface area contributed by atoms with Gasteiger partial charge in [0, 0.05) is 40.7 Å². The molecule has 1 amide bonds. The minimum Gasteiger partial charge on any atom is -0.497 e. The molecule has 0 unspecified atom stereocenters. The van der Waals surface area contributed by atoms with Crippen LogP contribution in [-0.4, -0.2) is 32.2 Å². The van der Waals surface area contributed by atoms with Gasteiger partial charge in [0.2, 0.25) is 0 Å². The number of nitrogens with one attached hydrogen (secondary N) is 1. The van der Waals surface area contributed by atoms with Gasteiger partial charge in [0.05, 0.1) is 19.8 Å². The molecule has 180 valence electrons. The molecule has 34 heavy (non-hydrogen) atoms. The monoisotopic (exact) mass is 492 g/mol. The molecule has 0 aliphatic heterocycles. The van der Waals surface area contributed by atoms with E-state index in [4.69, 9.17) is 9.47 Å². The highest BCUT2D eigenvalue weighted by Gasteiger charge is 2.31. The van der Waals surface area contributed by atoms with E-state index in [0.717, 1.165) is 22.6 Å². The zero-order chi connectivity index (χ0) is 25.0. The Balaban J connectivity index is 1.87. The SMILES string of the molecule is COc1ccc(CSc2cc(C(=O)N(C)c3cccc(C(F)(F)F)c3)c(=O)[nH]c2C)c(OC)c1. The number of alkyl halides is 3. The molecule has 2 aromatic carbocycles. The lowest BCUT2D eigenvalue weighted by atomic mass is 10.1. The Kier molecular flexibility index (Phi) is 7.61. The minimum absolute atomic E-state index is 0.0250. The molecule has 6 nitrogen and oxygen atoms in total. The normalized spacial score (nSPS) is 11.3. The third-order valence-electron chi connectivity index (χ3n) is 5.16. The highest BCUT2D eigenvalue weighted by Crippen LogP contribution is 2.33. The number of aromatic nitrogens is 1. The van der Waals surface area contributed by atoms with Gasteiger partial charge < -0.3 is 19.4 Å². The number of rotatable bonds is 7. The predicted molar refractivity (Wildman–Crippen MR) is 125 cm³/mol. The molecule has 3 aromatic rings. The van der Waals surface area contributed by atoms with Crippen molar-refractivity contribution in [1.82, 2.24) is 4.98 Å². The number of hydrogen-bond donors (Lipinski definition) is 1. The molecule has 0 saturated carbocycles. The standard InChI is InChI=1S/C24H23F3N2O4S/c1-14-21(34-13-15-8-9-18(32-3)11-20(15)33-4)12-19(22(30)28-14)23(31)29(2)17-7-5-6-16(10-17)24(25,26)27/h5-12H,13H2,1-4H3,(H,28,30). The fourth-order valence-electron chi connectivity index (χ4n) is 3.23. The zero-order valence-electron chi connectivity index (χ0n) is 18.9. The van der Waals surface area contributed by atoms with Crippen molar-refractivity contribution in [1.29, 1.82) is 0 Å². The average Bonchev–Trinajstić information content (AvgIpc) is 2.82. The van der Waals surface area contributed by atoms with Crippen LogP contribution in [0.5, 0.6) is 11.5 Å². The number of aryl methyl sites for hydroxylation is 1. The lowest BCUT2D eigenvalue weighted by Gasteiger charge is -2.19. The molecular weight excluding hydrogens is 469 g/mol. The quantitative estimate of drug-likeness (QED) is 0.454. The van der Waals surface area contributed by atoms with Gasteiger partial charge in [-0.05, 0) is 37.3 Å². The maximum absolute atomic E-state index is 13.1. The van der Waals surface area contributed by atoms with Gasteiger partial charge in [0.1, 0.15) is 17.1 Å². The fraction of sp³-hybridized carbons (Fsp3) is 0.250. The van der Waals surface area contributed by atoms with Crippen molar-refractivity contribution in [3.05, 3.63) is 81.3 Å². The Hall–Kier alpha value is -3.40. The van der Waals surface area contributed by atoms with Crippen LogP contribution in [0.2, 0.25) is 0 Å². The van der Waals surface area contributed by atoms with Gasteiger partial charge in [-0.2, -0.15) is 13.2 Å². The molecular formula is C24H23F3N2O4S. The van der Waals surface area contributed by atoms with Crippen molar-refractivity contribution in [2.24, 2.45) is 0 Å². The molecule has 0 fully saturated rings. The second kappa shape index (κ2) is 10.3. The molecule has 1 aromatic heterocycles. The second-order valence-corrected chi connectivity index (χ2v) is 8.40. The number of thioether (sulfide) groups is 1. The van der Waals surface area contributed by atoms with Crippen molar-refractivity contribution < 1.29 is 27.4 Å².